The van der Waals surface area contributed by atoms with Gasteiger partial charge in [0.05, 0.1) is 11.7 Å². The first-order valence-corrected chi connectivity index (χ1v) is 7.08. The van der Waals surface area contributed by atoms with E-state index in [1.54, 1.807) is 0 Å². The van der Waals surface area contributed by atoms with Crippen LogP contribution in [0.2, 0.25) is 0 Å². The van der Waals surface area contributed by atoms with Gasteiger partial charge in [0.15, 0.2) is 0 Å². The van der Waals surface area contributed by atoms with Crippen molar-refractivity contribution in [3.8, 4) is 0 Å². The van der Waals surface area contributed by atoms with E-state index in [2.05, 4.69) is 38.2 Å². The third kappa shape index (κ3) is 4.69. The number of nitrogens with zero attached hydrogens (tertiary/aromatic N) is 2. The molecule has 1 atom stereocenters. The molecule has 3 N–H and O–H groups in total. The van der Waals surface area contributed by atoms with Crippen LogP contribution in [-0.2, 0) is 6.54 Å². The lowest BCUT2D eigenvalue weighted by Gasteiger charge is -2.23. The summed E-state index contributed by atoms with van der Waals surface area (Å²) in [6.07, 6.45) is 2.93. The van der Waals surface area contributed by atoms with Crippen LogP contribution in [0.3, 0.4) is 0 Å². The Bertz CT molecular complexity index is 329. The molecule has 0 saturated heterocycles. The molecule has 1 aromatic rings. The van der Waals surface area contributed by atoms with E-state index in [4.69, 9.17) is 5.84 Å². The van der Waals surface area contributed by atoms with E-state index in [9.17, 15) is 0 Å². The molecule has 17 heavy (non-hydrogen) atoms. The Kier molecular flexibility index (Phi) is 5.49. The Morgan fingerprint density at radius 1 is 1.53 bits per heavy atom. The van der Waals surface area contributed by atoms with Gasteiger partial charge in [0.1, 0.15) is 0 Å². The fourth-order valence-corrected chi connectivity index (χ4v) is 2.52. The molecular weight excluding hydrogens is 232 g/mol. The molecule has 5 heteroatoms. The van der Waals surface area contributed by atoms with Crippen molar-refractivity contribution in [3.05, 3.63) is 18.0 Å². The Labute approximate surface area is 108 Å². The molecule has 0 bridgehead atoms. The van der Waals surface area contributed by atoms with Gasteiger partial charge in [-0.25, -0.2) is 0 Å². The fourth-order valence-electron chi connectivity index (χ4n) is 1.59. The van der Waals surface area contributed by atoms with E-state index in [1.165, 1.54) is 5.69 Å². The van der Waals surface area contributed by atoms with Gasteiger partial charge in [-0.2, -0.15) is 16.9 Å². The second-order valence-electron chi connectivity index (χ2n) is 5.12. The largest absolute Gasteiger partial charge is 0.271 e. The average molecular weight is 256 g/mol. The van der Waals surface area contributed by atoms with E-state index >= 15 is 0 Å². The number of aryl methyl sites for hydroxylation is 1. The maximum atomic E-state index is 5.65. The Balaban J connectivity index is 2.69. The predicted octanol–water partition coefficient (Wildman–Crippen LogP) is 2.33. The van der Waals surface area contributed by atoms with Crippen LogP contribution in [0, 0.1) is 0 Å². The smallest absolute Gasteiger partial charge is 0.0719 e. The maximum absolute atomic E-state index is 5.65. The normalized spacial score (nSPS) is 13.9. The van der Waals surface area contributed by atoms with E-state index in [1.807, 2.05) is 28.7 Å². The Morgan fingerprint density at radius 3 is 2.76 bits per heavy atom. The van der Waals surface area contributed by atoms with Crippen LogP contribution < -0.4 is 11.3 Å². The molecule has 0 aliphatic carbocycles. The lowest BCUT2D eigenvalue weighted by Crippen LogP contribution is -2.32. The highest BCUT2D eigenvalue weighted by Gasteiger charge is 2.18. The van der Waals surface area contributed by atoms with Crippen LogP contribution in [0.15, 0.2) is 12.3 Å². The Morgan fingerprint density at radius 2 is 2.24 bits per heavy atom. The summed E-state index contributed by atoms with van der Waals surface area (Å²) in [5.74, 6) is 6.61. The van der Waals surface area contributed by atoms with Gasteiger partial charge in [0, 0.05) is 23.2 Å². The van der Waals surface area contributed by atoms with Gasteiger partial charge < -0.3 is 0 Å². The summed E-state index contributed by atoms with van der Waals surface area (Å²) in [6, 6.07) is 2.21. The number of nitrogens with one attached hydrogen (secondary N) is 1. The zero-order chi connectivity index (χ0) is 12.9. The molecule has 4 nitrogen and oxygen atoms in total. The zero-order valence-electron chi connectivity index (χ0n) is 11.2. The highest BCUT2D eigenvalue weighted by Crippen LogP contribution is 2.28. The third-order valence-electron chi connectivity index (χ3n) is 2.43. The second-order valence-corrected chi connectivity index (χ2v) is 6.97. The average Bonchev–Trinajstić information content (AvgIpc) is 2.66. The zero-order valence-corrected chi connectivity index (χ0v) is 12.0. The summed E-state index contributed by atoms with van der Waals surface area (Å²) in [5, 5.41) is 4.33. The molecule has 0 amide bonds. The predicted molar refractivity (Wildman–Crippen MR) is 74.8 cm³/mol. The standard InChI is InChI=1S/C12H24N4S/c1-5-8-16-11(6-7-14-16)10(15-13)9-17-12(2,3)4/h6-7,10,15H,5,8-9,13H2,1-4H3. The molecule has 0 saturated carbocycles. The molecule has 1 heterocycles. The van der Waals surface area contributed by atoms with Gasteiger partial charge in [-0.05, 0) is 12.5 Å². The minimum absolute atomic E-state index is 0.160. The van der Waals surface area contributed by atoms with Crippen molar-refractivity contribution in [2.24, 2.45) is 5.84 Å². The number of hydrogen-bond donors (Lipinski definition) is 2. The van der Waals surface area contributed by atoms with E-state index in [0.717, 1.165) is 18.7 Å². The molecule has 1 unspecified atom stereocenters. The molecule has 1 aromatic heterocycles. The van der Waals surface area contributed by atoms with E-state index in [-0.39, 0.29) is 10.8 Å². The summed E-state index contributed by atoms with van der Waals surface area (Å²) in [7, 11) is 0. The molecule has 98 valence electrons. The molecule has 0 fully saturated rings. The summed E-state index contributed by atoms with van der Waals surface area (Å²) < 4.78 is 2.29. The molecule has 0 aliphatic rings. The van der Waals surface area contributed by atoms with Crippen LogP contribution in [0.5, 0.6) is 0 Å². The number of nitrogens with two attached hydrogens (primary N) is 1. The topological polar surface area (TPSA) is 55.9 Å². The molecule has 0 radical (unpaired) electrons. The monoisotopic (exact) mass is 256 g/mol. The molecular formula is C12H24N4S. The number of aromatic nitrogens is 2. The SMILES string of the molecule is CCCn1nccc1C(CSC(C)(C)C)NN. The van der Waals surface area contributed by atoms with Crippen LogP contribution in [0.1, 0.15) is 45.9 Å². The van der Waals surface area contributed by atoms with Gasteiger partial charge in [-0.15, -0.1) is 0 Å². The first-order valence-electron chi connectivity index (χ1n) is 6.09. The molecule has 0 aliphatic heterocycles. The van der Waals surface area contributed by atoms with E-state index < -0.39 is 0 Å². The van der Waals surface area contributed by atoms with Crippen molar-refractivity contribution in [1.82, 2.24) is 15.2 Å². The van der Waals surface area contributed by atoms with Crippen LogP contribution >= 0.6 is 11.8 Å². The lowest BCUT2D eigenvalue weighted by molar-refractivity contribution is 0.508. The van der Waals surface area contributed by atoms with Crippen molar-refractivity contribution in [1.29, 1.82) is 0 Å². The highest BCUT2D eigenvalue weighted by atomic mass is 32.2. The number of hydrogen-bond acceptors (Lipinski definition) is 4. The van der Waals surface area contributed by atoms with Crippen LogP contribution in [0.4, 0.5) is 0 Å². The quantitative estimate of drug-likeness (QED) is 0.606. The fraction of sp³-hybridized carbons (Fsp3) is 0.750. The first kappa shape index (κ1) is 14.5. The van der Waals surface area contributed by atoms with Crippen molar-refractivity contribution in [2.45, 2.75) is 51.4 Å². The number of thioether (sulfide) groups is 1. The second kappa shape index (κ2) is 6.42. The molecule has 0 spiro atoms. The summed E-state index contributed by atoms with van der Waals surface area (Å²) >= 11 is 1.91. The van der Waals surface area contributed by atoms with Gasteiger partial charge in [-0.3, -0.25) is 16.0 Å². The first-order chi connectivity index (χ1) is 7.98. The van der Waals surface area contributed by atoms with Gasteiger partial charge in [-0.1, -0.05) is 27.7 Å². The Hall–Kier alpha value is -0.520. The lowest BCUT2D eigenvalue weighted by atomic mass is 10.2. The maximum Gasteiger partial charge on any atom is 0.0719 e. The van der Waals surface area contributed by atoms with Crippen molar-refractivity contribution >= 4 is 11.8 Å². The number of rotatable bonds is 6. The van der Waals surface area contributed by atoms with Gasteiger partial charge >= 0.3 is 0 Å². The summed E-state index contributed by atoms with van der Waals surface area (Å²) in [5.41, 5.74) is 4.07. The highest BCUT2D eigenvalue weighted by molar-refractivity contribution is 8.00. The summed E-state index contributed by atoms with van der Waals surface area (Å²) in [6.45, 7) is 9.75. The van der Waals surface area contributed by atoms with Crippen LogP contribution in [-0.4, -0.2) is 20.3 Å². The molecule has 0 aromatic carbocycles. The molecule has 1 rings (SSSR count). The van der Waals surface area contributed by atoms with Crippen LogP contribution in [0.25, 0.3) is 0 Å². The minimum Gasteiger partial charge on any atom is -0.271 e. The third-order valence-corrected chi connectivity index (χ3v) is 3.79. The van der Waals surface area contributed by atoms with Gasteiger partial charge in [0.25, 0.3) is 0 Å². The minimum atomic E-state index is 0.160. The van der Waals surface area contributed by atoms with Crippen molar-refractivity contribution in [2.75, 3.05) is 5.75 Å². The number of hydrazine groups is 1. The summed E-state index contributed by atoms with van der Waals surface area (Å²) in [4.78, 5) is 0. The van der Waals surface area contributed by atoms with Crippen molar-refractivity contribution < 1.29 is 0 Å². The van der Waals surface area contributed by atoms with E-state index in [0.29, 0.717) is 0 Å². The van der Waals surface area contributed by atoms with Gasteiger partial charge in [0.2, 0.25) is 0 Å². The van der Waals surface area contributed by atoms with Crippen molar-refractivity contribution in [3.63, 3.8) is 0 Å².